The normalized spacial score (nSPS) is 13.0. The molecule has 4 aromatic rings. The van der Waals surface area contributed by atoms with Crippen molar-refractivity contribution >= 4 is 45.3 Å². The number of amides is 1. The molecule has 1 amide bonds. The number of anilines is 1. The highest BCUT2D eigenvalue weighted by Gasteiger charge is 2.17. The fraction of sp³-hybridized carbons (Fsp3) is 0.0870. The van der Waals surface area contributed by atoms with Crippen LogP contribution >= 0.6 is 0 Å². The summed E-state index contributed by atoms with van der Waals surface area (Å²) in [5.41, 5.74) is 3.57. The van der Waals surface area contributed by atoms with Crippen LogP contribution in [-0.2, 0) is 0 Å². The number of imidazole rings is 1. The zero-order chi connectivity index (χ0) is 20.5. The number of H-pyrrole nitrogens is 1. The molecule has 30 heavy (non-hydrogen) atoms. The summed E-state index contributed by atoms with van der Waals surface area (Å²) in [7, 11) is 0. The number of ketones is 1. The fourth-order valence-corrected chi connectivity index (χ4v) is 3.48. The highest BCUT2D eigenvalue weighted by Crippen LogP contribution is 2.21. The molecule has 0 saturated carbocycles. The van der Waals surface area contributed by atoms with Gasteiger partial charge in [-0.05, 0) is 24.3 Å². The van der Waals surface area contributed by atoms with E-state index in [1.54, 1.807) is 24.4 Å². The SMILES string of the molecule is O=C(Nc1nc2c(C(=O)CC3=NC=CC3)cccc2[nH]1)c1ccc2ccccc2n1. The van der Waals surface area contributed by atoms with Crippen molar-refractivity contribution in [3.8, 4) is 0 Å². The molecular formula is C23H17N5O2. The zero-order valence-corrected chi connectivity index (χ0v) is 15.9. The number of pyridine rings is 1. The number of Topliss-reactive ketones (excluding diaryl/α,β-unsaturated/α-hetero) is 1. The van der Waals surface area contributed by atoms with Crippen LogP contribution in [0, 0.1) is 0 Å². The van der Waals surface area contributed by atoms with Crippen molar-refractivity contribution in [2.24, 2.45) is 4.99 Å². The van der Waals surface area contributed by atoms with Crippen LogP contribution in [-0.4, -0.2) is 32.4 Å². The van der Waals surface area contributed by atoms with Crippen molar-refractivity contribution in [1.82, 2.24) is 15.0 Å². The minimum atomic E-state index is -0.376. The Labute approximate surface area is 171 Å². The summed E-state index contributed by atoms with van der Waals surface area (Å²) in [6, 6.07) is 16.5. The smallest absolute Gasteiger partial charge is 0.276 e. The van der Waals surface area contributed by atoms with Gasteiger partial charge < -0.3 is 4.98 Å². The number of fused-ring (bicyclic) bond motifs is 2. The number of allylic oxidation sites excluding steroid dienone is 1. The van der Waals surface area contributed by atoms with Gasteiger partial charge in [-0.3, -0.25) is 19.9 Å². The molecule has 2 N–H and O–H groups in total. The monoisotopic (exact) mass is 395 g/mol. The van der Waals surface area contributed by atoms with E-state index in [1.165, 1.54) is 0 Å². The van der Waals surface area contributed by atoms with Crippen molar-refractivity contribution in [2.45, 2.75) is 12.8 Å². The lowest BCUT2D eigenvalue weighted by Gasteiger charge is -2.03. The lowest BCUT2D eigenvalue weighted by Crippen LogP contribution is -2.14. The second kappa shape index (κ2) is 7.36. The van der Waals surface area contributed by atoms with Crippen molar-refractivity contribution < 1.29 is 9.59 Å². The van der Waals surface area contributed by atoms with E-state index in [-0.39, 0.29) is 29.8 Å². The maximum absolute atomic E-state index is 12.7. The molecule has 0 bridgehead atoms. The summed E-state index contributed by atoms with van der Waals surface area (Å²) in [6.07, 6.45) is 4.59. The van der Waals surface area contributed by atoms with Gasteiger partial charge in [0.2, 0.25) is 5.95 Å². The maximum atomic E-state index is 12.7. The summed E-state index contributed by atoms with van der Waals surface area (Å²) >= 11 is 0. The van der Waals surface area contributed by atoms with Crippen LogP contribution in [0.4, 0.5) is 5.95 Å². The van der Waals surface area contributed by atoms with Gasteiger partial charge in [-0.15, -0.1) is 0 Å². The average molecular weight is 395 g/mol. The molecule has 146 valence electrons. The van der Waals surface area contributed by atoms with Gasteiger partial charge in [-0.25, -0.2) is 9.97 Å². The predicted octanol–water partition coefficient (Wildman–Crippen LogP) is 4.29. The first-order valence-corrected chi connectivity index (χ1v) is 9.57. The summed E-state index contributed by atoms with van der Waals surface area (Å²) in [5, 5.41) is 3.70. The van der Waals surface area contributed by atoms with Crippen LogP contribution in [0.1, 0.15) is 33.7 Å². The first-order chi connectivity index (χ1) is 14.7. The molecule has 5 rings (SSSR count). The summed E-state index contributed by atoms with van der Waals surface area (Å²) in [5.74, 6) is -0.159. The van der Waals surface area contributed by atoms with Gasteiger partial charge >= 0.3 is 0 Å². The van der Waals surface area contributed by atoms with Crippen LogP contribution < -0.4 is 5.32 Å². The maximum Gasteiger partial charge on any atom is 0.276 e. The average Bonchev–Trinajstić information content (AvgIpc) is 3.42. The molecule has 0 fully saturated rings. The molecular weight excluding hydrogens is 378 g/mol. The second-order valence-corrected chi connectivity index (χ2v) is 7.01. The first kappa shape index (κ1) is 17.9. The fourth-order valence-electron chi connectivity index (χ4n) is 3.48. The molecule has 2 aromatic carbocycles. The van der Waals surface area contributed by atoms with E-state index in [4.69, 9.17) is 0 Å². The van der Waals surface area contributed by atoms with Crippen LogP contribution in [0.5, 0.6) is 0 Å². The summed E-state index contributed by atoms with van der Waals surface area (Å²) < 4.78 is 0. The van der Waals surface area contributed by atoms with Gasteiger partial charge in [0.25, 0.3) is 5.91 Å². The van der Waals surface area contributed by atoms with Gasteiger partial charge in [0.1, 0.15) is 11.2 Å². The number of aliphatic imine (C=N–C) groups is 1. The molecule has 2 aromatic heterocycles. The third-order valence-corrected chi connectivity index (χ3v) is 4.96. The number of benzene rings is 2. The number of hydrogen-bond acceptors (Lipinski definition) is 5. The van der Waals surface area contributed by atoms with Crippen LogP contribution in [0.2, 0.25) is 0 Å². The van der Waals surface area contributed by atoms with E-state index in [9.17, 15) is 9.59 Å². The number of aromatic nitrogens is 3. The summed E-state index contributed by atoms with van der Waals surface area (Å²) in [6.45, 7) is 0. The van der Waals surface area contributed by atoms with E-state index >= 15 is 0 Å². The Balaban J connectivity index is 1.40. The number of aromatic amines is 1. The first-order valence-electron chi connectivity index (χ1n) is 9.57. The van der Waals surface area contributed by atoms with Crippen LogP contribution in [0.3, 0.4) is 0 Å². The molecule has 1 aliphatic heterocycles. The largest absolute Gasteiger partial charge is 0.324 e. The Morgan fingerprint density at radius 1 is 1.00 bits per heavy atom. The van der Waals surface area contributed by atoms with Crippen molar-refractivity contribution in [3.63, 3.8) is 0 Å². The molecule has 7 nitrogen and oxygen atoms in total. The molecule has 0 aliphatic carbocycles. The number of hydrogen-bond donors (Lipinski definition) is 2. The van der Waals surface area contributed by atoms with Crippen molar-refractivity contribution in [2.75, 3.05) is 5.32 Å². The molecule has 3 heterocycles. The molecule has 0 atom stereocenters. The van der Waals surface area contributed by atoms with Gasteiger partial charge in [-0.1, -0.05) is 36.4 Å². The zero-order valence-electron chi connectivity index (χ0n) is 15.9. The van der Waals surface area contributed by atoms with Gasteiger partial charge in [-0.2, -0.15) is 0 Å². The standard InChI is InChI=1S/C23H17N5O2/c29-20(13-15-6-4-12-24-15)16-7-3-9-18-21(16)27-23(26-18)28-22(30)19-11-10-14-5-1-2-8-17(14)25-19/h1-5,7-12H,6,13H2,(H2,26,27,28,30). The van der Waals surface area contributed by atoms with Crippen molar-refractivity contribution in [3.05, 3.63) is 78.1 Å². The van der Waals surface area contributed by atoms with Gasteiger partial charge in [0, 0.05) is 35.7 Å². The second-order valence-electron chi connectivity index (χ2n) is 7.01. The number of carbonyl (C=O) groups is 2. The third-order valence-electron chi connectivity index (χ3n) is 4.96. The van der Waals surface area contributed by atoms with Crippen LogP contribution in [0.25, 0.3) is 21.9 Å². The van der Waals surface area contributed by atoms with E-state index < -0.39 is 0 Å². The van der Waals surface area contributed by atoms with Gasteiger partial charge in [0.15, 0.2) is 5.78 Å². The molecule has 0 radical (unpaired) electrons. The predicted molar refractivity (Wildman–Crippen MR) is 116 cm³/mol. The van der Waals surface area contributed by atoms with Gasteiger partial charge in [0.05, 0.1) is 11.0 Å². The highest BCUT2D eigenvalue weighted by atomic mass is 16.2. The Kier molecular flexibility index (Phi) is 4.40. The Morgan fingerprint density at radius 2 is 1.90 bits per heavy atom. The van der Waals surface area contributed by atoms with E-state index in [0.717, 1.165) is 16.6 Å². The third kappa shape index (κ3) is 3.37. The molecule has 0 unspecified atom stereocenters. The Bertz CT molecular complexity index is 1370. The molecule has 0 spiro atoms. The number of carbonyl (C=O) groups excluding carboxylic acids is 2. The molecule has 0 saturated heterocycles. The van der Waals surface area contributed by atoms with E-state index in [2.05, 4.69) is 25.3 Å². The number of nitrogens with zero attached hydrogens (tertiary/aromatic N) is 3. The quantitative estimate of drug-likeness (QED) is 0.492. The van der Waals surface area contributed by atoms with E-state index in [0.29, 0.717) is 23.0 Å². The minimum absolute atomic E-state index is 0.0522. The van der Waals surface area contributed by atoms with Crippen molar-refractivity contribution in [1.29, 1.82) is 0 Å². The number of para-hydroxylation sites is 2. The number of rotatable bonds is 5. The topological polar surface area (TPSA) is 100 Å². The molecule has 7 heteroatoms. The highest BCUT2D eigenvalue weighted by molar-refractivity contribution is 6.15. The van der Waals surface area contributed by atoms with Crippen LogP contribution in [0.15, 0.2) is 71.9 Å². The Morgan fingerprint density at radius 3 is 2.77 bits per heavy atom. The minimum Gasteiger partial charge on any atom is -0.324 e. The lowest BCUT2D eigenvalue weighted by molar-refractivity contribution is 0.0998. The molecule has 1 aliphatic rings. The Hall–Kier alpha value is -4.13. The summed E-state index contributed by atoms with van der Waals surface area (Å²) in [4.78, 5) is 41.5. The lowest BCUT2D eigenvalue weighted by atomic mass is 10.0. The van der Waals surface area contributed by atoms with E-state index in [1.807, 2.05) is 42.5 Å². The number of nitrogens with one attached hydrogen (secondary N) is 2.